The summed E-state index contributed by atoms with van der Waals surface area (Å²) in [5, 5.41) is 12.1. The van der Waals surface area contributed by atoms with Crippen molar-refractivity contribution in [2.24, 2.45) is 5.41 Å². The smallest absolute Gasteiger partial charge is 0.320 e. The van der Waals surface area contributed by atoms with E-state index in [1.54, 1.807) is 0 Å². The van der Waals surface area contributed by atoms with Crippen LogP contribution in [-0.4, -0.2) is 23.2 Å². The molecule has 0 radical (unpaired) electrons. The van der Waals surface area contributed by atoms with Crippen molar-refractivity contribution in [1.82, 2.24) is 5.32 Å². The molecule has 0 amide bonds. The molecular weight excluding hydrogens is 166 g/mol. The second-order valence-corrected chi connectivity index (χ2v) is 4.71. The fourth-order valence-electron chi connectivity index (χ4n) is 2.86. The summed E-state index contributed by atoms with van der Waals surface area (Å²) in [4.78, 5) is 10.8. The van der Waals surface area contributed by atoms with Crippen LogP contribution >= 0.6 is 0 Å². The average Bonchev–Trinajstić information content (AvgIpc) is 2.41. The minimum atomic E-state index is -0.685. The van der Waals surface area contributed by atoms with Gasteiger partial charge in [0, 0.05) is 6.04 Å². The van der Waals surface area contributed by atoms with Crippen LogP contribution in [0.15, 0.2) is 0 Å². The van der Waals surface area contributed by atoms with E-state index in [2.05, 4.69) is 12.2 Å². The molecule has 3 atom stereocenters. The average molecular weight is 183 g/mol. The largest absolute Gasteiger partial charge is 0.480 e. The number of hydrogen-bond acceptors (Lipinski definition) is 2. The van der Waals surface area contributed by atoms with Gasteiger partial charge in [-0.2, -0.15) is 0 Å². The van der Waals surface area contributed by atoms with Gasteiger partial charge in [-0.25, -0.2) is 0 Å². The number of carboxylic acids is 1. The molecule has 0 aromatic rings. The predicted molar refractivity (Wildman–Crippen MR) is 49.5 cm³/mol. The van der Waals surface area contributed by atoms with Crippen molar-refractivity contribution in [1.29, 1.82) is 0 Å². The van der Waals surface area contributed by atoms with Crippen LogP contribution in [0.2, 0.25) is 0 Å². The lowest BCUT2D eigenvalue weighted by Crippen LogP contribution is -2.39. The van der Waals surface area contributed by atoms with E-state index in [4.69, 9.17) is 5.11 Å². The van der Waals surface area contributed by atoms with Gasteiger partial charge < -0.3 is 10.4 Å². The molecule has 2 N–H and O–H groups in total. The summed E-state index contributed by atoms with van der Waals surface area (Å²) in [5.41, 5.74) is 0.251. The standard InChI is InChI=1S/C10H17NO2/c1-10-5-3-2-4-8(10)11-7(6-10)9(12)13/h7-8,11H,2-6H2,1H3,(H,12,13)/t7?,8-,10?/m1/s1. The van der Waals surface area contributed by atoms with Gasteiger partial charge in [-0.15, -0.1) is 0 Å². The molecule has 1 aliphatic heterocycles. The van der Waals surface area contributed by atoms with Gasteiger partial charge >= 0.3 is 5.97 Å². The van der Waals surface area contributed by atoms with Crippen molar-refractivity contribution in [3.63, 3.8) is 0 Å². The molecule has 2 unspecified atom stereocenters. The van der Waals surface area contributed by atoms with Crippen LogP contribution < -0.4 is 5.32 Å². The molecule has 2 rings (SSSR count). The van der Waals surface area contributed by atoms with E-state index >= 15 is 0 Å². The summed E-state index contributed by atoms with van der Waals surface area (Å²) in [6.07, 6.45) is 5.67. The number of rotatable bonds is 1. The first-order valence-electron chi connectivity index (χ1n) is 5.11. The highest BCUT2D eigenvalue weighted by molar-refractivity contribution is 5.74. The lowest BCUT2D eigenvalue weighted by Gasteiger charge is -2.35. The second kappa shape index (κ2) is 2.98. The second-order valence-electron chi connectivity index (χ2n) is 4.71. The lowest BCUT2D eigenvalue weighted by atomic mass is 9.72. The zero-order valence-corrected chi connectivity index (χ0v) is 8.05. The first-order chi connectivity index (χ1) is 6.12. The van der Waals surface area contributed by atoms with E-state index in [-0.39, 0.29) is 11.5 Å². The van der Waals surface area contributed by atoms with Crippen molar-refractivity contribution < 1.29 is 9.90 Å². The van der Waals surface area contributed by atoms with Crippen LogP contribution in [-0.2, 0) is 4.79 Å². The SMILES string of the molecule is CC12CCCC[C@H]1NC(C(=O)O)C2. The van der Waals surface area contributed by atoms with Gasteiger partial charge in [0.1, 0.15) is 6.04 Å². The number of hydrogen-bond donors (Lipinski definition) is 2. The molecule has 3 heteroatoms. The van der Waals surface area contributed by atoms with E-state index in [1.165, 1.54) is 19.3 Å². The lowest BCUT2D eigenvalue weighted by molar-refractivity contribution is -0.139. The Balaban J connectivity index is 2.10. The Labute approximate surface area is 78.5 Å². The van der Waals surface area contributed by atoms with E-state index in [0.29, 0.717) is 6.04 Å². The molecule has 1 aliphatic carbocycles. The molecule has 0 spiro atoms. The third kappa shape index (κ3) is 1.46. The van der Waals surface area contributed by atoms with E-state index < -0.39 is 5.97 Å². The predicted octanol–water partition coefficient (Wildman–Crippen LogP) is 1.38. The Kier molecular flexibility index (Phi) is 2.06. The fraction of sp³-hybridized carbons (Fsp3) is 0.900. The minimum Gasteiger partial charge on any atom is -0.480 e. The van der Waals surface area contributed by atoms with Crippen molar-refractivity contribution in [3.8, 4) is 0 Å². The van der Waals surface area contributed by atoms with Gasteiger partial charge in [0.2, 0.25) is 0 Å². The molecule has 13 heavy (non-hydrogen) atoms. The van der Waals surface area contributed by atoms with Crippen molar-refractivity contribution >= 4 is 5.97 Å². The quantitative estimate of drug-likeness (QED) is 0.645. The van der Waals surface area contributed by atoms with Gasteiger partial charge in [-0.3, -0.25) is 4.79 Å². The van der Waals surface area contributed by atoms with Crippen LogP contribution in [0.3, 0.4) is 0 Å². The first-order valence-corrected chi connectivity index (χ1v) is 5.11. The van der Waals surface area contributed by atoms with Crippen LogP contribution in [0, 0.1) is 5.41 Å². The molecule has 0 bridgehead atoms. The highest BCUT2D eigenvalue weighted by Crippen LogP contribution is 2.44. The molecule has 3 nitrogen and oxygen atoms in total. The van der Waals surface area contributed by atoms with E-state index in [0.717, 1.165) is 12.8 Å². The van der Waals surface area contributed by atoms with Crippen molar-refractivity contribution in [2.75, 3.05) is 0 Å². The molecule has 1 heterocycles. The maximum Gasteiger partial charge on any atom is 0.320 e. The Morgan fingerprint density at radius 2 is 2.31 bits per heavy atom. The summed E-state index contributed by atoms with van der Waals surface area (Å²) < 4.78 is 0. The zero-order valence-electron chi connectivity index (χ0n) is 8.05. The number of fused-ring (bicyclic) bond motifs is 1. The van der Waals surface area contributed by atoms with Gasteiger partial charge in [0.05, 0.1) is 0 Å². The minimum absolute atomic E-state index is 0.251. The molecule has 2 fully saturated rings. The van der Waals surface area contributed by atoms with Crippen LogP contribution in [0.4, 0.5) is 0 Å². The summed E-state index contributed by atoms with van der Waals surface area (Å²) in [7, 11) is 0. The molecule has 74 valence electrons. The number of carbonyl (C=O) groups is 1. The topological polar surface area (TPSA) is 49.3 Å². The van der Waals surface area contributed by atoms with Crippen LogP contribution in [0.5, 0.6) is 0 Å². The molecule has 0 aromatic heterocycles. The molecule has 2 aliphatic rings. The van der Waals surface area contributed by atoms with Gasteiger partial charge in [-0.1, -0.05) is 19.8 Å². The number of carboxylic acid groups (broad SMARTS) is 1. The molecule has 1 saturated heterocycles. The highest BCUT2D eigenvalue weighted by atomic mass is 16.4. The van der Waals surface area contributed by atoms with Gasteiger partial charge in [-0.05, 0) is 24.7 Å². The number of nitrogens with one attached hydrogen (secondary N) is 1. The summed E-state index contributed by atoms with van der Waals surface area (Å²) in [6, 6.07) is 0.149. The molecule has 1 saturated carbocycles. The normalized spacial score (nSPS) is 44.4. The van der Waals surface area contributed by atoms with Gasteiger partial charge in [0.25, 0.3) is 0 Å². The maximum absolute atomic E-state index is 10.8. The van der Waals surface area contributed by atoms with E-state index in [9.17, 15) is 4.79 Å². The highest BCUT2D eigenvalue weighted by Gasteiger charge is 2.46. The third-order valence-electron chi connectivity index (χ3n) is 3.70. The maximum atomic E-state index is 10.8. The Morgan fingerprint density at radius 1 is 1.54 bits per heavy atom. The van der Waals surface area contributed by atoms with Crippen LogP contribution in [0.1, 0.15) is 39.0 Å². The van der Waals surface area contributed by atoms with Gasteiger partial charge in [0.15, 0.2) is 0 Å². The molecule has 0 aromatic carbocycles. The van der Waals surface area contributed by atoms with Crippen molar-refractivity contribution in [3.05, 3.63) is 0 Å². The summed E-state index contributed by atoms with van der Waals surface area (Å²) in [5.74, 6) is -0.685. The monoisotopic (exact) mass is 183 g/mol. The summed E-state index contributed by atoms with van der Waals surface area (Å²) in [6.45, 7) is 2.23. The zero-order chi connectivity index (χ0) is 9.47. The Morgan fingerprint density at radius 3 is 2.92 bits per heavy atom. The first kappa shape index (κ1) is 9.00. The number of aliphatic carboxylic acids is 1. The van der Waals surface area contributed by atoms with Crippen LogP contribution in [0.25, 0.3) is 0 Å². The summed E-state index contributed by atoms with van der Waals surface area (Å²) >= 11 is 0. The third-order valence-corrected chi connectivity index (χ3v) is 3.70. The Hall–Kier alpha value is -0.570. The van der Waals surface area contributed by atoms with Crippen molar-refractivity contribution in [2.45, 2.75) is 51.1 Å². The van der Waals surface area contributed by atoms with E-state index in [1.807, 2.05) is 0 Å². The molecular formula is C10H17NO2. The Bertz CT molecular complexity index is 229. The fourth-order valence-corrected chi connectivity index (χ4v) is 2.86.